The Morgan fingerprint density at radius 3 is 2.48 bits per heavy atom. The van der Waals surface area contributed by atoms with Gasteiger partial charge in [-0.3, -0.25) is 9.59 Å². The summed E-state index contributed by atoms with van der Waals surface area (Å²) in [5.74, 6) is 0.982. The molecule has 0 aromatic heterocycles. The molecule has 1 N–H and O–H groups in total. The summed E-state index contributed by atoms with van der Waals surface area (Å²) in [6.45, 7) is 0.437. The molecule has 1 heterocycles. The number of hydrogen-bond acceptors (Lipinski definition) is 4. The largest absolute Gasteiger partial charge is 0.497 e. The summed E-state index contributed by atoms with van der Waals surface area (Å²) < 4.78 is 10.3. The SMILES string of the molecule is COc1ccc(N2C[C@H](NC(=O)c3ccccc3OC)CC2=O)cc1. The van der Waals surface area contributed by atoms with Crippen LogP contribution >= 0.6 is 0 Å². The van der Waals surface area contributed by atoms with Crippen molar-refractivity contribution in [1.82, 2.24) is 5.32 Å². The number of ether oxygens (including phenoxy) is 2. The summed E-state index contributed by atoms with van der Waals surface area (Å²) >= 11 is 0. The minimum absolute atomic E-state index is 0.0181. The molecule has 25 heavy (non-hydrogen) atoms. The van der Waals surface area contributed by atoms with Crippen LogP contribution in [0, 0.1) is 0 Å². The van der Waals surface area contributed by atoms with Crippen molar-refractivity contribution in [3.05, 3.63) is 54.1 Å². The maximum Gasteiger partial charge on any atom is 0.255 e. The van der Waals surface area contributed by atoms with Crippen LogP contribution in [0.4, 0.5) is 5.69 Å². The Kier molecular flexibility index (Phi) is 4.88. The van der Waals surface area contributed by atoms with E-state index in [4.69, 9.17) is 9.47 Å². The summed E-state index contributed by atoms with van der Waals surface area (Å²) in [4.78, 5) is 26.4. The first-order valence-corrected chi connectivity index (χ1v) is 8.00. The van der Waals surface area contributed by atoms with E-state index in [0.717, 1.165) is 11.4 Å². The maximum atomic E-state index is 12.5. The molecule has 1 saturated heterocycles. The first-order valence-electron chi connectivity index (χ1n) is 8.00. The number of nitrogens with one attached hydrogen (secondary N) is 1. The summed E-state index contributed by atoms with van der Waals surface area (Å²) in [6.07, 6.45) is 0.271. The Morgan fingerprint density at radius 1 is 1.08 bits per heavy atom. The van der Waals surface area contributed by atoms with E-state index in [1.54, 1.807) is 36.3 Å². The second kappa shape index (κ2) is 7.25. The average Bonchev–Trinajstić information content (AvgIpc) is 3.01. The number of anilines is 1. The van der Waals surface area contributed by atoms with Crippen molar-refractivity contribution in [3.63, 3.8) is 0 Å². The molecule has 1 fully saturated rings. The van der Waals surface area contributed by atoms with Crippen LogP contribution in [0.2, 0.25) is 0 Å². The molecule has 6 heteroatoms. The van der Waals surface area contributed by atoms with Crippen LogP contribution in [-0.4, -0.2) is 38.6 Å². The lowest BCUT2D eigenvalue weighted by atomic mass is 10.1. The Hall–Kier alpha value is -3.02. The van der Waals surface area contributed by atoms with E-state index in [9.17, 15) is 9.59 Å². The highest BCUT2D eigenvalue weighted by atomic mass is 16.5. The lowest BCUT2D eigenvalue weighted by molar-refractivity contribution is -0.117. The minimum atomic E-state index is -0.244. The van der Waals surface area contributed by atoms with Crippen LogP contribution in [-0.2, 0) is 4.79 Å². The number of para-hydroxylation sites is 1. The van der Waals surface area contributed by atoms with E-state index in [0.29, 0.717) is 17.9 Å². The highest BCUT2D eigenvalue weighted by Crippen LogP contribution is 2.25. The van der Waals surface area contributed by atoms with Crippen LogP contribution in [0.25, 0.3) is 0 Å². The van der Waals surface area contributed by atoms with E-state index in [-0.39, 0.29) is 24.3 Å². The maximum absolute atomic E-state index is 12.5. The van der Waals surface area contributed by atoms with Gasteiger partial charge >= 0.3 is 0 Å². The second-order valence-electron chi connectivity index (χ2n) is 5.78. The van der Waals surface area contributed by atoms with Crippen LogP contribution in [0.5, 0.6) is 11.5 Å². The zero-order valence-electron chi connectivity index (χ0n) is 14.2. The van der Waals surface area contributed by atoms with Crippen molar-refractivity contribution in [2.75, 3.05) is 25.7 Å². The van der Waals surface area contributed by atoms with Gasteiger partial charge in [0.2, 0.25) is 5.91 Å². The molecule has 0 aliphatic carbocycles. The Bertz CT molecular complexity index is 773. The van der Waals surface area contributed by atoms with Crippen molar-refractivity contribution < 1.29 is 19.1 Å². The third kappa shape index (κ3) is 3.57. The fourth-order valence-electron chi connectivity index (χ4n) is 2.91. The van der Waals surface area contributed by atoms with E-state index in [1.165, 1.54) is 7.11 Å². The summed E-state index contributed by atoms with van der Waals surface area (Å²) in [7, 11) is 3.12. The Labute approximate surface area is 146 Å². The molecule has 1 atom stereocenters. The Morgan fingerprint density at radius 2 is 1.80 bits per heavy atom. The molecule has 6 nitrogen and oxygen atoms in total. The number of nitrogens with zero attached hydrogens (tertiary/aromatic N) is 1. The molecule has 0 radical (unpaired) electrons. The fourth-order valence-corrected chi connectivity index (χ4v) is 2.91. The van der Waals surface area contributed by atoms with Crippen molar-refractivity contribution in [2.45, 2.75) is 12.5 Å². The molecular weight excluding hydrogens is 320 g/mol. The lowest BCUT2D eigenvalue weighted by Gasteiger charge is -2.18. The van der Waals surface area contributed by atoms with E-state index < -0.39 is 0 Å². The molecule has 0 spiro atoms. The predicted octanol–water partition coefficient (Wildman–Crippen LogP) is 2.24. The van der Waals surface area contributed by atoms with Crippen LogP contribution in [0.15, 0.2) is 48.5 Å². The van der Waals surface area contributed by atoms with Crippen molar-refractivity contribution in [3.8, 4) is 11.5 Å². The molecule has 2 amide bonds. The zero-order valence-corrected chi connectivity index (χ0v) is 14.2. The van der Waals surface area contributed by atoms with E-state index >= 15 is 0 Å². The third-order valence-electron chi connectivity index (χ3n) is 4.20. The van der Waals surface area contributed by atoms with Crippen LogP contribution in [0.1, 0.15) is 16.8 Å². The van der Waals surface area contributed by atoms with Gasteiger partial charge in [0, 0.05) is 18.7 Å². The molecular formula is C19H20N2O4. The number of amides is 2. The second-order valence-corrected chi connectivity index (χ2v) is 5.78. The van der Waals surface area contributed by atoms with E-state index in [2.05, 4.69) is 5.32 Å². The van der Waals surface area contributed by atoms with Gasteiger partial charge in [0.15, 0.2) is 0 Å². The van der Waals surface area contributed by atoms with Gasteiger partial charge in [0.1, 0.15) is 11.5 Å². The third-order valence-corrected chi connectivity index (χ3v) is 4.20. The van der Waals surface area contributed by atoms with Gasteiger partial charge in [-0.2, -0.15) is 0 Å². The van der Waals surface area contributed by atoms with Gasteiger partial charge in [0.05, 0.1) is 25.8 Å². The predicted molar refractivity (Wildman–Crippen MR) is 94.2 cm³/mol. The van der Waals surface area contributed by atoms with Crippen molar-refractivity contribution in [2.24, 2.45) is 0 Å². The van der Waals surface area contributed by atoms with Crippen molar-refractivity contribution in [1.29, 1.82) is 0 Å². The standard InChI is InChI=1S/C19H20N2O4/c1-24-15-9-7-14(8-10-15)21-12-13(11-18(21)22)20-19(23)16-5-3-4-6-17(16)25-2/h3-10,13H,11-12H2,1-2H3,(H,20,23)/t13-/m1/s1. The monoisotopic (exact) mass is 340 g/mol. The fraction of sp³-hybridized carbons (Fsp3) is 0.263. The highest BCUT2D eigenvalue weighted by molar-refractivity contribution is 6.00. The first kappa shape index (κ1) is 16.8. The van der Waals surface area contributed by atoms with Gasteiger partial charge in [-0.05, 0) is 36.4 Å². The van der Waals surface area contributed by atoms with Crippen LogP contribution in [0.3, 0.4) is 0 Å². The molecule has 130 valence electrons. The topological polar surface area (TPSA) is 67.9 Å². The van der Waals surface area contributed by atoms with Gasteiger partial charge in [-0.15, -0.1) is 0 Å². The first-order chi connectivity index (χ1) is 12.1. The quantitative estimate of drug-likeness (QED) is 0.906. The zero-order chi connectivity index (χ0) is 17.8. The number of carbonyl (C=O) groups is 2. The summed E-state index contributed by atoms with van der Waals surface area (Å²) in [6, 6.07) is 14.1. The number of methoxy groups -OCH3 is 2. The smallest absolute Gasteiger partial charge is 0.255 e. The Balaban J connectivity index is 1.69. The number of hydrogen-bond donors (Lipinski definition) is 1. The molecule has 2 aromatic rings. The molecule has 0 saturated carbocycles. The van der Waals surface area contributed by atoms with Crippen LogP contribution < -0.4 is 19.7 Å². The minimum Gasteiger partial charge on any atom is -0.497 e. The lowest BCUT2D eigenvalue weighted by Crippen LogP contribution is -2.37. The molecule has 0 bridgehead atoms. The normalized spacial score (nSPS) is 16.6. The van der Waals surface area contributed by atoms with Gasteiger partial charge in [0.25, 0.3) is 5.91 Å². The molecule has 1 aliphatic heterocycles. The van der Waals surface area contributed by atoms with Gasteiger partial charge in [-0.1, -0.05) is 12.1 Å². The molecule has 3 rings (SSSR count). The number of rotatable bonds is 5. The van der Waals surface area contributed by atoms with Gasteiger partial charge in [-0.25, -0.2) is 0 Å². The summed E-state index contributed by atoms with van der Waals surface area (Å²) in [5, 5.41) is 2.92. The number of carbonyl (C=O) groups excluding carboxylic acids is 2. The average molecular weight is 340 g/mol. The molecule has 0 unspecified atom stereocenters. The summed E-state index contributed by atoms with van der Waals surface area (Å²) in [5.41, 5.74) is 1.25. The number of benzene rings is 2. The van der Waals surface area contributed by atoms with Crippen molar-refractivity contribution >= 4 is 17.5 Å². The van der Waals surface area contributed by atoms with E-state index in [1.807, 2.05) is 24.3 Å². The van der Waals surface area contributed by atoms with Gasteiger partial charge < -0.3 is 19.7 Å². The molecule has 1 aliphatic rings. The molecule has 2 aromatic carbocycles. The highest BCUT2D eigenvalue weighted by Gasteiger charge is 2.32.